The topological polar surface area (TPSA) is 58.4 Å². The van der Waals surface area contributed by atoms with E-state index >= 15 is 0 Å². The largest absolute Gasteiger partial charge is 0.323 e. The molecule has 1 aromatic heterocycles. The average molecular weight is 362 g/mol. The first-order chi connectivity index (χ1) is 8.54. The summed E-state index contributed by atoms with van der Waals surface area (Å²) in [6, 6.07) is 0. The molecular formula is C11H15IN4O2. The minimum atomic E-state index is -0.0641. The molecule has 0 radical (unpaired) electrons. The molecule has 0 aromatic carbocycles. The highest BCUT2D eigenvalue weighted by molar-refractivity contribution is 14.1. The monoisotopic (exact) mass is 362 g/mol. The molecule has 1 aliphatic heterocycles. The van der Waals surface area contributed by atoms with Gasteiger partial charge in [0.25, 0.3) is 5.91 Å². The number of nitrogens with zero attached hydrogens (tertiary/aromatic N) is 4. The predicted molar refractivity (Wildman–Crippen MR) is 73.8 cm³/mol. The number of carbonyl (C=O) groups is 2. The van der Waals surface area contributed by atoms with E-state index < -0.39 is 0 Å². The maximum Gasteiger partial charge on any atom is 0.274 e. The lowest BCUT2D eigenvalue weighted by molar-refractivity contribution is -0.130. The number of halogens is 1. The average Bonchev–Trinajstić information content (AvgIpc) is 2.95. The van der Waals surface area contributed by atoms with Gasteiger partial charge in [0.15, 0.2) is 0 Å². The van der Waals surface area contributed by atoms with E-state index in [1.165, 1.54) is 0 Å². The second-order valence-corrected chi connectivity index (χ2v) is 5.35. The van der Waals surface area contributed by atoms with Gasteiger partial charge in [-0.1, -0.05) is 6.92 Å². The van der Waals surface area contributed by atoms with Gasteiger partial charge in [-0.15, -0.1) is 0 Å². The van der Waals surface area contributed by atoms with Gasteiger partial charge in [0.2, 0.25) is 5.91 Å². The Bertz CT molecular complexity index is 466. The van der Waals surface area contributed by atoms with Crippen molar-refractivity contribution in [2.75, 3.05) is 19.8 Å². The number of aromatic nitrogens is 2. The number of carbonyl (C=O) groups excluding carboxylic acids is 2. The first-order valence-electron chi connectivity index (χ1n) is 5.79. The van der Waals surface area contributed by atoms with Crippen LogP contribution in [0.2, 0.25) is 0 Å². The Morgan fingerprint density at radius 2 is 2.06 bits per heavy atom. The molecule has 98 valence electrons. The van der Waals surface area contributed by atoms with E-state index in [1.807, 2.05) is 6.92 Å². The molecule has 1 saturated heterocycles. The summed E-state index contributed by atoms with van der Waals surface area (Å²) < 4.78 is 2.41. The Labute approximate surface area is 119 Å². The smallest absolute Gasteiger partial charge is 0.274 e. The predicted octanol–water partition coefficient (Wildman–Crippen LogP) is 0.677. The highest BCUT2D eigenvalue weighted by atomic mass is 127. The van der Waals surface area contributed by atoms with Crippen molar-refractivity contribution in [3.05, 3.63) is 15.5 Å². The third-order valence-electron chi connectivity index (χ3n) is 3.02. The molecule has 0 spiro atoms. The molecule has 2 amide bonds. The molecular weight excluding hydrogens is 347 g/mol. The van der Waals surface area contributed by atoms with Crippen LogP contribution in [-0.2, 0) is 11.8 Å². The third-order valence-corrected chi connectivity index (χ3v) is 3.81. The summed E-state index contributed by atoms with van der Waals surface area (Å²) in [5, 5.41) is 4.06. The number of aryl methyl sites for hydroxylation is 1. The molecule has 0 N–H and O–H groups in total. The molecule has 7 heteroatoms. The van der Waals surface area contributed by atoms with Crippen LogP contribution in [-0.4, -0.2) is 51.2 Å². The Morgan fingerprint density at radius 3 is 2.61 bits per heavy atom. The lowest BCUT2D eigenvalue weighted by Gasteiger charge is -2.18. The van der Waals surface area contributed by atoms with Crippen LogP contribution in [0.4, 0.5) is 0 Å². The van der Waals surface area contributed by atoms with Crippen molar-refractivity contribution in [1.29, 1.82) is 0 Å². The van der Waals surface area contributed by atoms with Crippen LogP contribution < -0.4 is 0 Å². The summed E-state index contributed by atoms with van der Waals surface area (Å²) in [4.78, 5) is 27.3. The lowest BCUT2D eigenvalue weighted by Crippen LogP contribution is -2.34. The van der Waals surface area contributed by atoms with Crippen LogP contribution in [0.25, 0.3) is 0 Å². The molecule has 2 rings (SSSR count). The normalized spacial score (nSPS) is 15.3. The van der Waals surface area contributed by atoms with E-state index in [0.29, 0.717) is 31.9 Å². The van der Waals surface area contributed by atoms with Crippen LogP contribution in [0.3, 0.4) is 0 Å². The Kier molecular flexibility index (Phi) is 3.88. The van der Waals surface area contributed by atoms with Crippen LogP contribution in [0.1, 0.15) is 23.8 Å². The van der Waals surface area contributed by atoms with Crippen LogP contribution >= 0.6 is 22.6 Å². The van der Waals surface area contributed by atoms with Crippen molar-refractivity contribution in [3.63, 3.8) is 0 Å². The molecule has 0 aliphatic carbocycles. The van der Waals surface area contributed by atoms with E-state index in [0.717, 1.165) is 3.57 Å². The van der Waals surface area contributed by atoms with Gasteiger partial charge in [0.1, 0.15) is 5.69 Å². The second kappa shape index (κ2) is 5.25. The molecule has 1 aromatic rings. The standard InChI is InChI=1S/C11H15IN4O2/c1-3-9(17)15-4-5-16(7-15)11(18)10-8(12)6-13-14(10)2/h6H,3-5,7H2,1-2H3. The van der Waals surface area contributed by atoms with E-state index in [2.05, 4.69) is 27.7 Å². The van der Waals surface area contributed by atoms with Crippen molar-refractivity contribution < 1.29 is 9.59 Å². The van der Waals surface area contributed by atoms with Crippen molar-refractivity contribution >= 4 is 34.4 Å². The zero-order chi connectivity index (χ0) is 13.3. The third kappa shape index (κ3) is 2.36. The van der Waals surface area contributed by atoms with Gasteiger partial charge in [0, 0.05) is 26.6 Å². The second-order valence-electron chi connectivity index (χ2n) is 4.19. The molecule has 0 bridgehead atoms. The maximum absolute atomic E-state index is 12.3. The molecule has 1 aliphatic rings. The van der Waals surface area contributed by atoms with E-state index in [1.54, 1.807) is 27.7 Å². The maximum atomic E-state index is 12.3. The molecule has 2 heterocycles. The molecule has 6 nitrogen and oxygen atoms in total. The van der Waals surface area contributed by atoms with Crippen molar-refractivity contribution in [2.45, 2.75) is 13.3 Å². The summed E-state index contributed by atoms with van der Waals surface area (Å²) in [6.07, 6.45) is 2.14. The number of hydrogen-bond donors (Lipinski definition) is 0. The lowest BCUT2D eigenvalue weighted by atomic mass is 10.4. The van der Waals surface area contributed by atoms with Crippen molar-refractivity contribution in [1.82, 2.24) is 19.6 Å². The van der Waals surface area contributed by atoms with Gasteiger partial charge < -0.3 is 9.80 Å². The van der Waals surface area contributed by atoms with Gasteiger partial charge in [-0.3, -0.25) is 14.3 Å². The van der Waals surface area contributed by atoms with Gasteiger partial charge in [0.05, 0.1) is 16.4 Å². The summed E-state index contributed by atoms with van der Waals surface area (Å²) >= 11 is 2.10. The first-order valence-corrected chi connectivity index (χ1v) is 6.87. The summed E-state index contributed by atoms with van der Waals surface area (Å²) in [5.74, 6) is 0.0239. The van der Waals surface area contributed by atoms with E-state index in [4.69, 9.17) is 0 Å². The number of rotatable bonds is 2. The summed E-state index contributed by atoms with van der Waals surface area (Å²) in [5.41, 5.74) is 0.585. The first kappa shape index (κ1) is 13.3. The summed E-state index contributed by atoms with van der Waals surface area (Å²) in [7, 11) is 1.75. The van der Waals surface area contributed by atoms with Crippen molar-refractivity contribution in [2.24, 2.45) is 7.05 Å². The van der Waals surface area contributed by atoms with Crippen LogP contribution in [0, 0.1) is 3.57 Å². The van der Waals surface area contributed by atoms with Crippen molar-refractivity contribution in [3.8, 4) is 0 Å². The van der Waals surface area contributed by atoms with Crippen LogP contribution in [0.5, 0.6) is 0 Å². The van der Waals surface area contributed by atoms with E-state index in [9.17, 15) is 9.59 Å². The zero-order valence-electron chi connectivity index (χ0n) is 10.4. The van der Waals surface area contributed by atoms with Crippen LogP contribution in [0.15, 0.2) is 6.20 Å². The molecule has 0 atom stereocenters. The highest BCUT2D eigenvalue weighted by Gasteiger charge is 2.29. The van der Waals surface area contributed by atoms with Gasteiger partial charge >= 0.3 is 0 Å². The minimum absolute atomic E-state index is 0.0641. The van der Waals surface area contributed by atoms with Gasteiger partial charge in [-0.05, 0) is 22.6 Å². The fraction of sp³-hybridized carbons (Fsp3) is 0.545. The molecule has 1 fully saturated rings. The van der Waals surface area contributed by atoms with Gasteiger partial charge in [-0.2, -0.15) is 5.10 Å². The number of hydrogen-bond acceptors (Lipinski definition) is 3. The highest BCUT2D eigenvalue weighted by Crippen LogP contribution is 2.16. The fourth-order valence-electron chi connectivity index (χ4n) is 1.98. The SMILES string of the molecule is CCC(=O)N1CCN(C(=O)c2c(I)cnn2C)C1. The molecule has 18 heavy (non-hydrogen) atoms. The quantitative estimate of drug-likeness (QED) is 0.727. The Hall–Kier alpha value is -1.12. The fourth-order valence-corrected chi connectivity index (χ4v) is 2.69. The number of amides is 2. The zero-order valence-corrected chi connectivity index (χ0v) is 12.5. The van der Waals surface area contributed by atoms with Gasteiger partial charge in [-0.25, -0.2) is 0 Å². The molecule has 0 saturated carbocycles. The summed E-state index contributed by atoms with van der Waals surface area (Å²) in [6.45, 7) is 3.42. The Balaban J connectivity index is 2.11. The Morgan fingerprint density at radius 1 is 1.39 bits per heavy atom. The molecule has 0 unspecified atom stereocenters. The van der Waals surface area contributed by atoms with E-state index in [-0.39, 0.29) is 11.8 Å². The minimum Gasteiger partial charge on any atom is -0.323 e.